The summed E-state index contributed by atoms with van der Waals surface area (Å²) in [7, 11) is 0. The summed E-state index contributed by atoms with van der Waals surface area (Å²) in [6.07, 6.45) is -0.502. The van der Waals surface area contributed by atoms with Gasteiger partial charge in [-0.15, -0.1) is 0 Å². The highest BCUT2D eigenvalue weighted by Crippen LogP contribution is 2.28. The fourth-order valence-electron chi connectivity index (χ4n) is 2.40. The number of para-hydroxylation sites is 1. The molecule has 1 N–H and O–H groups in total. The van der Waals surface area contributed by atoms with Gasteiger partial charge in [0.2, 0.25) is 0 Å². The van der Waals surface area contributed by atoms with Gasteiger partial charge in [0.1, 0.15) is 5.69 Å². The molecule has 2 heterocycles. The van der Waals surface area contributed by atoms with Gasteiger partial charge in [-0.3, -0.25) is 4.79 Å². The van der Waals surface area contributed by atoms with Crippen LogP contribution in [0.25, 0.3) is 10.9 Å². The van der Waals surface area contributed by atoms with Crippen LogP contribution in [-0.2, 0) is 0 Å². The average Bonchev–Trinajstić information content (AvgIpc) is 2.81. The van der Waals surface area contributed by atoms with E-state index in [1.807, 2.05) is 24.3 Å². The molecule has 19 heavy (non-hydrogen) atoms. The minimum absolute atomic E-state index is 0.112. The molecule has 1 amide bonds. The van der Waals surface area contributed by atoms with Crippen molar-refractivity contribution in [2.75, 3.05) is 13.1 Å². The van der Waals surface area contributed by atoms with Crippen molar-refractivity contribution in [1.29, 1.82) is 0 Å². The molecule has 1 saturated heterocycles. The number of carbonyl (C=O) groups is 1. The number of hydrogen-bond donors (Lipinski definition) is 1. The third-order valence-corrected chi connectivity index (χ3v) is 3.54. The van der Waals surface area contributed by atoms with Crippen LogP contribution in [0.15, 0.2) is 30.3 Å². The lowest BCUT2D eigenvalue weighted by Gasteiger charge is -2.31. The van der Waals surface area contributed by atoms with Crippen molar-refractivity contribution in [2.24, 2.45) is 0 Å². The van der Waals surface area contributed by atoms with Crippen molar-refractivity contribution < 1.29 is 13.6 Å². The third-order valence-electron chi connectivity index (χ3n) is 3.54. The fourth-order valence-corrected chi connectivity index (χ4v) is 2.40. The Hall–Kier alpha value is -1.91. The number of amides is 1. The topological polar surface area (TPSA) is 36.1 Å². The van der Waals surface area contributed by atoms with Crippen LogP contribution in [0.4, 0.5) is 8.78 Å². The molecule has 3 nitrogen and oxygen atoms in total. The zero-order chi connectivity index (χ0) is 13.5. The molecule has 1 aromatic heterocycles. The number of nitrogens with one attached hydrogen (secondary N) is 1. The van der Waals surface area contributed by atoms with Crippen molar-refractivity contribution in [3.63, 3.8) is 0 Å². The first-order valence-corrected chi connectivity index (χ1v) is 6.30. The second-order valence-corrected chi connectivity index (χ2v) is 4.92. The molecule has 5 heteroatoms. The van der Waals surface area contributed by atoms with Crippen molar-refractivity contribution in [3.8, 4) is 0 Å². The Kier molecular flexibility index (Phi) is 2.77. The molecule has 1 aromatic carbocycles. The van der Waals surface area contributed by atoms with Crippen LogP contribution in [-0.4, -0.2) is 34.8 Å². The summed E-state index contributed by atoms with van der Waals surface area (Å²) in [5.74, 6) is -2.83. The Labute approximate surface area is 109 Å². The summed E-state index contributed by atoms with van der Waals surface area (Å²) >= 11 is 0. The smallest absolute Gasteiger partial charge is 0.270 e. The quantitative estimate of drug-likeness (QED) is 0.844. The molecule has 0 atom stereocenters. The highest BCUT2D eigenvalue weighted by atomic mass is 19.3. The van der Waals surface area contributed by atoms with Gasteiger partial charge in [-0.2, -0.15) is 0 Å². The van der Waals surface area contributed by atoms with Crippen molar-refractivity contribution in [1.82, 2.24) is 9.88 Å². The molecule has 0 radical (unpaired) electrons. The maximum absolute atomic E-state index is 13.1. The first-order chi connectivity index (χ1) is 9.05. The number of H-pyrrole nitrogens is 1. The van der Waals surface area contributed by atoms with Gasteiger partial charge in [-0.05, 0) is 12.1 Å². The van der Waals surface area contributed by atoms with Gasteiger partial charge in [0.25, 0.3) is 11.8 Å². The number of halogens is 2. The van der Waals surface area contributed by atoms with Crippen LogP contribution in [0.3, 0.4) is 0 Å². The second kappa shape index (κ2) is 4.33. The Morgan fingerprint density at radius 2 is 1.89 bits per heavy atom. The van der Waals surface area contributed by atoms with Crippen LogP contribution >= 0.6 is 0 Å². The van der Waals surface area contributed by atoms with Crippen molar-refractivity contribution in [2.45, 2.75) is 18.8 Å². The molecule has 0 unspecified atom stereocenters. The summed E-state index contributed by atoms with van der Waals surface area (Å²) in [5.41, 5.74) is 1.35. The zero-order valence-corrected chi connectivity index (χ0v) is 10.3. The van der Waals surface area contributed by atoms with E-state index >= 15 is 0 Å². The van der Waals surface area contributed by atoms with Gasteiger partial charge in [0, 0.05) is 36.8 Å². The van der Waals surface area contributed by atoms with Gasteiger partial charge in [0.05, 0.1) is 0 Å². The predicted octanol–water partition coefficient (Wildman–Crippen LogP) is 3.04. The van der Waals surface area contributed by atoms with Crippen LogP contribution in [0, 0.1) is 0 Å². The monoisotopic (exact) mass is 264 g/mol. The molecule has 2 aromatic rings. The fraction of sp³-hybridized carbons (Fsp3) is 0.357. The van der Waals surface area contributed by atoms with E-state index in [2.05, 4.69) is 4.98 Å². The van der Waals surface area contributed by atoms with E-state index in [4.69, 9.17) is 0 Å². The lowest BCUT2D eigenvalue weighted by atomic mass is 10.1. The lowest BCUT2D eigenvalue weighted by Crippen LogP contribution is -2.42. The number of rotatable bonds is 1. The third kappa shape index (κ3) is 2.32. The molecule has 3 rings (SSSR count). The molecule has 0 spiro atoms. The first kappa shape index (κ1) is 12.1. The molecule has 0 bridgehead atoms. The average molecular weight is 264 g/mol. The summed E-state index contributed by atoms with van der Waals surface area (Å²) in [5, 5.41) is 0.952. The normalized spacial score (nSPS) is 18.7. The van der Waals surface area contributed by atoms with E-state index < -0.39 is 5.92 Å². The van der Waals surface area contributed by atoms with E-state index in [9.17, 15) is 13.6 Å². The number of fused-ring (bicyclic) bond motifs is 1. The number of aromatic amines is 1. The summed E-state index contributed by atoms with van der Waals surface area (Å²) in [4.78, 5) is 16.8. The number of hydrogen-bond acceptors (Lipinski definition) is 1. The van der Waals surface area contributed by atoms with Gasteiger partial charge in [-0.1, -0.05) is 18.2 Å². The molecule has 1 aliphatic heterocycles. The maximum Gasteiger partial charge on any atom is 0.270 e. The number of aromatic nitrogens is 1. The molecular weight excluding hydrogens is 250 g/mol. The Bertz CT molecular complexity index is 578. The highest BCUT2D eigenvalue weighted by Gasteiger charge is 2.36. The standard InChI is InChI=1S/C14H14F2N2O/c15-14(16)5-7-18(8-6-14)13(19)12-9-10-3-1-2-4-11(10)17-12/h1-4,9,17H,5-8H2. The van der Waals surface area contributed by atoms with E-state index in [0.717, 1.165) is 10.9 Å². The summed E-state index contributed by atoms with van der Waals surface area (Å²) in [6, 6.07) is 9.34. The number of alkyl halides is 2. The van der Waals surface area contributed by atoms with E-state index in [0.29, 0.717) is 5.69 Å². The number of nitrogens with zero attached hydrogens (tertiary/aromatic N) is 1. The van der Waals surface area contributed by atoms with Gasteiger partial charge in [-0.25, -0.2) is 8.78 Å². The minimum atomic E-state index is -2.63. The molecule has 100 valence electrons. The molecular formula is C14H14F2N2O. The lowest BCUT2D eigenvalue weighted by molar-refractivity contribution is -0.0495. The van der Waals surface area contributed by atoms with Gasteiger partial charge < -0.3 is 9.88 Å². The summed E-state index contributed by atoms with van der Waals surface area (Å²) in [6.45, 7) is 0.225. The number of likely N-dealkylation sites (tertiary alicyclic amines) is 1. The summed E-state index contributed by atoms with van der Waals surface area (Å²) < 4.78 is 26.1. The Morgan fingerprint density at radius 1 is 1.21 bits per heavy atom. The zero-order valence-electron chi connectivity index (χ0n) is 10.3. The van der Waals surface area contributed by atoms with E-state index in [1.165, 1.54) is 4.90 Å². The van der Waals surface area contributed by atoms with Crippen LogP contribution in [0.5, 0.6) is 0 Å². The SMILES string of the molecule is O=C(c1cc2ccccc2[nH]1)N1CCC(F)(F)CC1. The predicted molar refractivity (Wildman–Crippen MR) is 68.4 cm³/mol. The Balaban J connectivity index is 1.80. The highest BCUT2D eigenvalue weighted by molar-refractivity contribution is 5.98. The number of carbonyl (C=O) groups excluding carboxylic acids is 1. The number of piperidine rings is 1. The minimum Gasteiger partial charge on any atom is -0.351 e. The van der Waals surface area contributed by atoms with Crippen LogP contribution in [0.2, 0.25) is 0 Å². The molecule has 1 fully saturated rings. The largest absolute Gasteiger partial charge is 0.351 e. The number of benzene rings is 1. The van der Waals surface area contributed by atoms with Crippen LogP contribution in [0.1, 0.15) is 23.3 Å². The molecule has 0 saturated carbocycles. The Morgan fingerprint density at radius 3 is 2.58 bits per heavy atom. The van der Waals surface area contributed by atoms with E-state index in [-0.39, 0.29) is 31.8 Å². The van der Waals surface area contributed by atoms with E-state index in [1.54, 1.807) is 6.07 Å². The van der Waals surface area contributed by atoms with Crippen molar-refractivity contribution in [3.05, 3.63) is 36.0 Å². The maximum atomic E-state index is 13.1. The van der Waals surface area contributed by atoms with Crippen LogP contribution < -0.4 is 0 Å². The second-order valence-electron chi connectivity index (χ2n) is 4.92. The van der Waals surface area contributed by atoms with Gasteiger partial charge in [0.15, 0.2) is 0 Å². The van der Waals surface area contributed by atoms with Gasteiger partial charge >= 0.3 is 0 Å². The van der Waals surface area contributed by atoms with Crippen molar-refractivity contribution >= 4 is 16.8 Å². The first-order valence-electron chi connectivity index (χ1n) is 6.30. The molecule has 0 aliphatic carbocycles. The molecule has 1 aliphatic rings.